The zero-order chi connectivity index (χ0) is 23.4. The van der Waals surface area contributed by atoms with E-state index >= 15 is 0 Å². The fourth-order valence-electron chi connectivity index (χ4n) is 4.98. The maximum absolute atomic E-state index is 6.43. The van der Waals surface area contributed by atoms with Gasteiger partial charge in [-0.15, -0.1) is 0 Å². The van der Waals surface area contributed by atoms with Gasteiger partial charge in [0.15, 0.2) is 0 Å². The first-order valence-electron chi connectivity index (χ1n) is 12.0. The molecule has 0 aliphatic carbocycles. The summed E-state index contributed by atoms with van der Waals surface area (Å²) in [5.74, 6) is 1.68. The van der Waals surface area contributed by atoms with Gasteiger partial charge < -0.3 is 8.83 Å². The van der Waals surface area contributed by atoms with Gasteiger partial charge in [-0.05, 0) is 53.3 Å². The number of nitrogens with zero attached hydrogens (tertiary/aromatic N) is 1. The molecule has 168 valence electrons. The van der Waals surface area contributed by atoms with Gasteiger partial charge in [0.25, 0.3) is 0 Å². The van der Waals surface area contributed by atoms with Crippen molar-refractivity contribution in [2.24, 2.45) is 0 Å². The molecule has 0 saturated heterocycles. The third-order valence-electron chi connectivity index (χ3n) is 6.68. The molecule has 34 heavy (non-hydrogen) atoms. The fourth-order valence-corrected chi connectivity index (χ4v) is 4.98. The molecule has 3 heteroatoms. The van der Waals surface area contributed by atoms with Crippen LogP contribution >= 0.6 is 0 Å². The van der Waals surface area contributed by atoms with Gasteiger partial charge >= 0.3 is 0 Å². The van der Waals surface area contributed by atoms with Gasteiger partial charge in [0.05, 0.1) is 5.69 Å². The lowest BCUT2D eigenvalue weighted by Gasteiger charge is -2.17. The second-order valence-electron chi connectivity index (χ2n) is 9.60. The van der Waals surface area contributed by atoms with Crippen LogP contribution in [0.15, 0.2) is 87.7 Å². The standard InChI is InChI=1S/C31H27NO2/c1-18(2)21-10-7-11-22(19(3)4)29(21)28-17-20-15-16-26(32-31(20)34-28)25-13-8-12-24-23-9-5-6-14-27(23)33-30(24)25/h5-19H,1-4H3. The number of para-hydroxylation sites is 2. The smallest absolute Gasteiger partial charge is 0.227 e. The highest BCUT2D eigenvalue weighted by atomic mass is 16.3. The third-order valence-corrected chi connectivity index (χ3v) is 6.68. The monoisotopic (exact) mass is 445 g/mol. The molecule has 0 aliphatic rings. The highest BCUT2D eigenvalue weighted by Crippen LogP contribution is 2.40. The maximum Gasteiger partial charge on any atom is 0.227 e. The largest absolute Gasteiger partial charge is 0.455 e. The molecular formula is C31H27NO2. The van der Waals surface area contributed by atoms with Crippen LogP contribution in [0.25, 0.3) is 55.6 Å². The molecule has 3 heterocycles. The van der Waals surface area contributed by atoms with Crippen LogP contribution in [0, 0.1) is 0 Å². The average Bonchev–Trinajstić information content (AvgIpc) is 3.44. The second-order valence-corrected chi connectivity index (χ2v) is 9.60. The van der Waals surface area contributed by atoms with E-state index in [0.29, 0.717) is 17.5 Å². The quantitative estimate of drug-likeness (QED) is 0.271. The molecule has 0 unspecified atom stereocenters. The first kappa shape index (κ1) is 20.7. The van der Waals surface area contributed by atoms with Gasteiger partial charge in [0.1, 0.15) is 16.9 Å². The van der Waals surface area contributed by atoms with Gasteiger partial charge in [0, 0.05) is 27.3 Å². The maximum atomic E-state index is 6.43. The zero-order valence-electron chi connectivity index (χ0n) is 19.9. The molecule has 0 bridgehead atoms. The highest BCUT2D eigenvalue weighted by Gasteiger charge is 2.20. The number of benzene rings is 3. The summed E-state index contributed by atoms with van der Waals surface area (Å²) in [5, 5.41) is 3.22. The molecule has 3 nitrogen and oxygen atoms in total. The van der Waals surface area contributed by atoms with Crippen LogP contribution in [0.5, 0.6) is 0 Å². The molecule has 0 fully saturated rings. The Morgan fingerprint density at radius 1 is 0.676 bits per heavy atom. The Bertz CT molecular complexity index is 1640. The van der Waals surface area contributed by atoms with E-state index in [1.807, 2.05) is 18.2 Å². The number of aromatic nitrogens is 1. The van der Waals surface area contributed by atoms with Gasteiger partial charge in [-0.3, -0.25) is 0 Å². The van der Waals surface area contributed by atoms with Crippen LogP contribution in [0.2, 0.25) is 0 Å². The van der Waals surface area contributed by atoms with Crippen LogP contribution in [-0.4, -0.2) is 4.98 Å². The van der Waals surface area contributed by atoms with E-state index in [0.717, 1.165) is 44.3 Å². The third kappa shape index (κ3) is 3.23. The minimum absolute atomic E-state index is 0.399. The van der Waals surface area contributed by atoms with Crippen LogP contribution in [0.1, 0.15) is 50.7 Å². The van der Waals surface area contributed by atoms with Gasteiger partial charge in [-0.2, -0.15) is 0 Å². The van der Waals surface area contributed by atoms with E-state index < -0.39 is 0 Å². The summed E-state index contributed by atoms with van der Waals surface area (Å²) >= 11 is 0. The summed E-state index contributed by atoms with van der Waals surface area (Å²) in [5.41, 5.74) is 8.01. The van der Waals surface area contributed by atoms with Crippen molar-refractivity contribution in [3.05, 3.63) is 90.0 Å². The number of pyridine rings is 1. The lowest BCUT2D eigenvalue weighted by molar-refractivity contribution is 0.615. The number of rotatable bonds is 4. The van der Waals surface area contributed by atoms with Gasteiger partial charge in [-0.1, -0.05) is 76.2 Å². The molecule has 0 amide bonds. The van der Waals surface area contributed by atoms with Crippen molar-refractivity contribution in [3.8, 4) is 22.6 Å². The SMILES string of the molecule is CC(C)c1cccc(C(C)C)c1-c1cc2ccc(-c3cccc4c3oc3ccccc34)nc2o1. The molecule has 0 N–H and O–H groups in total. The van der Waals surface area contributed by atoms with Crippen LogP contribution in [0.3, 0.4) is 0 Å². The van der Waals surface area contributed by atoms with Gasteiger partial charge in [-0.25, -0.2) is 4.98 Å². The molecule has 3 aromatic heterocycles. The predicted molar refractivity (Wildman–Crippen MR) is 140 cm³/mol. The first-order valence-corrected chi connectivity index (χ1v) is 12.0. The van der Waals surface area contributed by atoms with E-state index in [-0.39, 0.29) is 0 Å². The Balaban J connectivity index is 1.53. The number of hydrogen-bond acceptors (Lipinski definition) is 3. The summed E-state index contributed by atoms with van der Waals surface area (Å²) in [6, 6.07) is 27.2. The second kappa shape index (κ2) is 7.88. The van der Waals surface area contributed by atoms with E-state index in [2.05, 4.69) is 88.4 Å². The van der Waals surface area contributed by atoms with Crippen molar-refractivity contribution >= 4 is 33.0 Å². The zero-order valence-corrected chi connectivity index (χ0v) is 19.9. The normalized spacial score (nSPS) is 12.1. The number of furan rings is 2. The molecule has 0 atom stereocenters. The van der Waals surface area contributed by atoms with E-state index in [1.54, 1.807) is 0 Å². The summed E-state index contributed by atoms with van der Waals surface area (Å²) in [4.78, 5) is 4.93. The van der Waals surface area contributed by atoms with E-state index in [1.165, 1.54) is 16.7 Å². The predicted octanol–water partition coefficient (Wildman–Crippen LogP) is 9.31. The highest BCUT2D eigenvalue weighted by molar-refractivity contribution is 6.09. The van der Waals surface area contributed by atoms with E-state index in [4.69, 9.17) is 13.8 Å². The minimum atomic E-state index is 0.399. The summed E-state index contributed by atoms with van der Waals surface area (Å²) < 4.78 is 12.7. The van der Waals surface area contributed by atoms with Crippen LogP contribution in [-0.2, 0) is 0 Å². The molecule has 3 aromatic carbocycles. The minimum Gasteiger partial charge on any atom is -0.455 e. The Morgan fingerprint density at radius 2 is 1.38 bits per heavy atom. The lowest BCUT2D eigenvalue weighted by Crippen LogP contribution is -1.98. The summed E-state index contributed by atoms with van der Waals surface area (Å²) in [6.07, 6.45) is 0. The number of fused-ring (bicyclic) bond motifs is 4. The Kier molecular flexibility index (Phi) is 4.80. The number of hydrogen-bond donors (Lipinski definition) is 0. The Morgan fingerprint density at radius 3 is 2.15 bits per heavy atom. The summed E-state index contributed by atoms with van der Waals surface area (Å²) in [7, 11) is 0. The molecule has 0 spiro atoms. The molecule has 0 aliphatic heterocycles. The lowest BCUT2D eigenvalue weighted by atomic mass is 9.87. The summed E-state index contributed by atoms with van der Waals surface area (Å²) in [6.45, 7) is 8.93. The Labute approximate surface area is 199 Å². The fraction of sp³-hybridized carbons (Fsp3) is 0.194. The van der Waals surface area contributed by atoms with Crippen molar-refractivity contribution in [2.75, 3.05) is 0 Å². The molecule has 0 saturated carbocycles. The Hall–Kier alpha value is -3.85. The molecule has 6 rings (SSSR count). The van der Waals surface area contributed by atoms with Crippen molar-refractivity contribution in [2.45, 2.75) is 39.5 Å². The van der Waals surface area contributed by atoms with Crippen molar-refractivity contribution < 1.29 is 8.83 Å². The van der Waals surface area contributed by atoms with Crippen LogP contribution in [0.4, 0.5) is 0 Å². The van der Waals surface area contributed by atoms with E-state index in [9.17, 15) is 0 Å². The van der Waals surface area contributed by atoms with Crippen molar-refractivity contribution in [1.29, 1.82) is 0 Å². The van der Waals surface area contributed by atoms with Gasteiger partial charge in [0.2, 0.25) is 5.71 Å². The first-order chi connectivity index (χ1) is 16.5. The van der Waals surface area contributed by atoms with Crippen molar-refractivity contribution in [3.63, 3.8) is 0 Å². The molecular weight excluding hydrogens is 418 g/mol. The van der Waals surface area contributed by atoms with Crippen molar-refractivity contribution in [1.82, 2.24) is 4.98 Å². The topological polar surface area (TPSA) is 39.2 Å². The average molecular weight is 446 g/mol. The molecule has 0 radical (unpaired) electrons. The van der Waals surface area contributed by atoms with Crippen LogP contribution < -0.4 is 0 Å². The molecule has 6 aromatic rings.